The van der Waals surface area contributed by atoms with E-state index in [0.29, 0.717) is 18.3 Å². The molecule has 23 heavy (non-hydrogen) atoms. The van der Waals surface area contributed by atoms with Crippen molar-refractivity contribution in [3.8, 4) is 0 Å². The predicted molar refractivity (Wildman–Crippen MR) is 82.7 cm³/mol. The Bertz CT molecular complexity index is 496. The molecular weight excluding hydrogens is 298 g/mol. The molecule has 4 aliphatic rings. The topological polar surface area (TPSA) is 84.9 Å². The molecule has 4 rings (SSSR count). The molecule has 0 spiro atoms. The van der Waals surface area contributed by atoms with Gasteiger partial charge in [-0.05, 0) is 64.7 Å². The van der Waals surface area contributed by atoms with Gasteiger partial charge in [0.2, 0.25) is 0 Å². The summed E-state index contributed by atoms with van der Waals surface area (Å²) in [7, 11) is 0. The van der Waals surface area contributed by atoms with Crippen molar-refractivity contribution in [2.45, 2.75) is 76.1 Å². The molecule has 4 aliphatic carbocycles. The van der Waals surface area contributed by atoms with E-state index < -0.39 is 28.9 Å². The molecule has 2 N–H and O–H groups in total. The molecule has 2 atom stereocenters. The molecule has 0 aliphatic heterocycles. The van der Waals surface area contributed by atoms with Crippen molar-refractivity contribution in [3.63, 3.8) is 0 Å². The quantitative estimate of drug-likeness (QED) is 0.777. The van der Waals surface area contributed by atoms with Crippen molar-refractivity contribution in [1.29, 1.82) is 0 Å². The van der Waals surface area contributed by atoms with Crippen LogP contribution in [0.2, 0.25) is 0 Å². The van der Waals surface area contributed by atoms with Crippen LogP contribution in [0.5, 0.6) is 0 Å². The zero-order chi connectivity index (χ0) is 16.9. The van der Waals surface area contributed by atoms with Gasteiger partial charge in [0.05, 0.1) is 5.60 Å². The zero-order valence-corrected chi connectivity index (χ0v) is 14.2. The minimum atomic E-state index is -0.664. The largest absolute Gasteiger partial charge is 0.458 e. The fourth-order valence-corrected chi connectivity index (χ4v) is 4.99. The number of nitrogens with one attached hydrogen (secondary N) is 1. The Labute approximate surface area is 136 Å². The van der Waals surface area contributed by atoms with Crippen molar-refractivity contribution >= 4 is 12.1 Å². The second kappa shape index (κ2) is 5.36. The van der Waals surface area contributed by atoms with E-state index in [-0.39, 0.29) is 6.54 Å². The molecule has 0 saturated heterocycles. The number of ether oxygens (including phenoxy) is 2. The summed E-state index contributed by atoms with van der Waals surface area (Å²) < 4.78 is 10.8. The lowest BCUT2D eigenvalue weighted by Gasteiger charge is -2.59. The van der Waals surface area contributed by atoms with Gasteiger partial charge in [-0.25, -0.2) is 4.79 Å². The molecule has 0 radical (unpaired) electrons. The third-order valence-corrected chi connectivity index (χ3v) is 5.08. The summed E-state index contributed by atoms with van der Waals surface area (Å²) in [5.74, 6) is 0.446. The van der Waals surface area contributed by atoms with E-state index in [9.17, 15) is 14.7 Å². The molecule has 130 valence electrons. The lowest BCUT2D eigenvalue weighted by molar-refractivity contribution is -0.219. The van der Waals surface area contributed by atoms with E-state index in [2.05, 4.69) is 5.32 Å². The maximum Gasteiger partial charge on any atom is 0.408 e. The van der Waals surface area contributed by atoms with Gasteiger partial charge in [-0.1, -0.05) is 0 Å². The summed E-state index contributed by atoms with van der Waals surface area (Å²) in [6.07, 6.45) is 4.38. The number of alkyl carbamates (subject to hydrolysis) is 1. The smallest absolute Gasteiger partial charge is 0.408 e. The molecule has 0 heterocycles. The highest BCUT2D eigenvalue weighted by Crippen LogP contribution is 2.58. The number of carbonyl (C=O) groups is 2. The molecule has 4 fully saturated rings. The van der Waals surface area contributed by atoms with E-state index in [1.807, 2.05) is 0 Å². The highest BCUT2D eigenvalue weighted by atomic mass is 16.6. The van der Waals surface area contributed by atoms with E-state index in [0.717, 1.165) is 32.1 Å². The van der Waals surface area contributed by atoms with E-state index in [1.54, 1.807) is 20.8 Å². The Morgan fingerprint density at radius 1 is 1.17 bits per heavy atom. The first kappa shape index (κ1) is 16.6. The molecule has 4 saturated carbocycles. The van der Waals surface area contributed by atoms with E-state index in [4.69, 9.17) is 9.47 Å². The van der Waals surface area contributed by atoms with Crippen LogP contribution in [0, 0.1) is 11.8 Å². The summed E-state index contributed by atoms with van der Waals surface area (Å²) in [5, 5.41) is 13.1. The fraction of sp³-hybridized carbons (Fsp3) is 0.882. The summed E-state index contributed by atoms with van der Waals surface area (Å²) in [5.41, 5.74) is -1.80. The van der Waals surface area contributed by atoms with Crippen molar-refractivity contribution in [2.75, 3.05) is 6.54 Å². The number of amides is 1. The highest BCUT2D eigenvalue weighted by Gasteiger charge is 2.59. The standard InChI is InChI=1S/C17H27NO5/c1-15(2,3)23-14(20)18-9-13(19)22-17-7-11-4-12(8-17)6-16(21,5-11)10-17/h11-12,21H,4-10H2,1-3H3,(H,18,20). The van der Waals surface area contributed by atoms with Gasteiger partial charge in [-0.3, -0.25) is 4.79 Å². The molecule has 2 unspecified atom stereocenters. The molecule has 0 aromatic carbocycles. The molecule has 0 aromatic heterocycles. The first-order chi connectivity index (χ1) is 10.6. The number of carbonyl (C=O) groups excluding carboxylic acids is 2. The van der Waals surface area contributed by atoms with Gasteiger partial charge in [0, 0.05) is 6.42 Å². The average molecular weight is 325 g/mol. The van der Waals surface area contributed by atoms with Crippen LogP contribution < -0.4 is 5.32 Å². The van der Waals surface area contributed by atoms with Crippen LogP contribution in [0.4, 0.5) is 4.79 Å². The summed E-state index contributed by atoms with van der Waals surface area (Å²) in [6, 6.07) is 0. The second-order valence-electron chi connectivity index (χ2n) is 8.70. The molecular formula is C17H27NO5. The second-order valence-corrected chi connectivity index (χ2v) is 8.70. The SMILES string of the molecule is CC(C)(C)OC(=O)NCC(=O)OC12CC3CC(CC(O)(C3)C1)C2. The first-order valence-corrected chi connectivity index (χ1v) is 8.48. The van der Waals surface area contributed by atoms with E-state index in [1.165, 1.54) is 0 Å². The Balaban J connectivity index is 1.53. The number of esters is 1. The monoisotopic (exact) mass is 325 g/mol. The minimum absolute atomic E-state index is 0.204. The van der Waals surface area contributed by atoms with Crippen molar-refractivity contribution in [1.82, 2.24) is 5.32 Å². The maximum atomic E-state index is 12.1. The Hall–Kier alpha value is -1.30. The van der Waals surface area contributed by atoms with Crippen molar-refractivity contribution in [3.05, 3.63) is 0 Å². The van der Waals surface area contributed by atoms with Gasteiger partial charge in [0.15, 0.2) is 0 Å². The number of rotatable bonds is 3. The lowest BCUT2D eigenvalue weighted by Crippen LogP contribution is -2.60. The van der Waals surface area contributed by atoms with Gasteiger partial charge in [-0.15, -0.1) is 0 Å². The van der Waals surface area contributed by atoms with Crippen LogP contribution in [-0.4, -0.2) is 40.5 Å². The Morgan fingerprint density at radius 2 is 1.78 bits per heavy atom. The van der Waals surface area contributed by atoms with Crippen LogP contribution in [0.15, 0.2) is 0 Å². The van der Waals surface area contributed by atoms with Crippen molar-refractivity contribution < 1.29 is 24.2 Å². The Kier molecular flexibility index (Phi) is 3.86. The molecule has 1 amide bonds. The number of hydrogen-bond donors (Lipinski definition) is 2. The Morgan fingerprint density at radius 3 is 2.30 bits per heavy atom. The fourth-order valence-electron chi connectivity index (χ4n) is 4.99. The molecule has 6 heteroatoms. The summed E-state index contributed by atoms with van der Waals surface area (Å²) >= 11 is 0. The minimum Gasteiger partial charge on any atom is -0.458 e. The van der Waals surface area contributed by atoms with Crippen LogP contribution in [0.25, 0.3) is 0 Å². The third kappa shape index (κ3) is 3.79. The van der Waals surface area contributed by atoms with Crippen molar-refractivity contribution in [2.24, 2.45) is 11.8 Å². The van der Waals surface area contributed by atoms with Crippen LogP contribution >= 0.6 is 0 Å². The van der Waals surface area contributed by atoms with Gasteiger partial charge >= 0.3 is 12.1 Å². The average Bonchev–Trinajstić information content (AvgIpc) is 2.30. The number of aliphatic hydroxyl groups is 1. The highest BCUT2D eigenvalue weighted by molar-refractivity contribution is 5.78. The predicted octanol–water partition coefficient (Wildman–Crippen LogP) is 2.14. The summed E-state index contributed by atoms with van der Waals surface area (Å²) in [4.78, 5) is 23.7. The van der Waals surface area contributed by atoms with Crippen LogP contribution in [0.1, 0.15) is 59.3 Å². The van der Waals surface area contributed by atoms with Gasteiger partial charge in [0.25, 0.3) is 0 Å². The maximum absolute atomic E-state index is 12.1. The molecule has 4 bridgehead atoms. The van der Waals surface area contributed by atoms with Gasteiger partial charge < -0.3 is 19.9 Å². The van der Waals surface area contributed by atoms with E-state index >= 15 is 0 Å². The van der Waals surface area contributed by atoms with Gasteiger partial charge in [0.1, 0.15) is 17.7 Å². The van der Waals surface area contributed by atoms with Gasteiger partial charge in [-0.2, -0.15) is 0 Å². The van der Waals surface area contributed by atoms with Crippen LogP contribution in [-0.2, 0) is 14.3 Å². The molecule has 0 aromatic rings. The first-order valence-electron chi connectivity index (χ1n) is 8.48. The normalized spacial score (nSPS) is 38.3. The zero-order valence-electron chi connectivity index (χ0n) is 14.2. The molecule has 6 nitrogen and oxygen atoms in total. The summed E-state index contributed by atoms with van der Waals surface area (Å²) in [6.45, 7) is 5.09. The third-order valence-electron chi connectivity index (χ3n) is 5.08. The van der Waals surface area contributed by atoms with Crippen LogP contribution in [0.3, 0.4) is 0 Å². The number of hydrogen-bond acceptors (Lipinski definition) is 5. The lowest BCUT2D eigenvalue weighted by atomic mass is 9.52.